The van der Waals surface area contributed by atoms with Crippen LogP contribution in [0.4, 0.5) is 5.69 Å². The highest BCUT2D eigenvalue weighted by Crippen LogP contribution is 2.38. The van der Waals surface area contributed by atoms with E-state index >= 15 is 0 Å². The maximum absolute atomic E-state index is 11.9. The first-order valence-corrected chi connectivity index (χ1v) is 6.54. The minimum atomic E-state index is -0.975. The lowest BCUT2D eigenvalue weighted by Crippen LogP contribution is -2.29. The summed E-state index contributed by atoms with van der Waals surface area (Å²) < 4.78 is 14.9. The average molecular weight is 310 g/mol. The Hall–Kier alpha value is -2.84. The minimum Gasteiger partial charge on any atom is -0.454 e. The SMILES string of the molecule is CCCNC(=O)COC(=O)c1cc2c(cc1[N+](=O)[O-])OCO2. The first-order chi connectivity index (χ1) is 10.5. The summed E-state index contributed by atoms with van der Waals surface area (Å²) >= 11 is 0. The Labute approximate surface area is 125 Å². The number of ether oxygens (including phenoxy) is 3. The molecule has 9 heteroatoms. The normalized spacial score (nSPS) is 11.9. The van der Waals surface area contributed by atoms with Gasteiger partial charge in [0.05, 0.1) is 11.0 Å². The fourth-order valence-corrected chi connectivity index (χ4v) is 1.77. The predicted molar refractivity (Wildman–Crippen MR) is 72.8 cm³/mol. The van der Waals surface area contributed by atoms with Crippen LogP contribution in [0, 0.1) is 10.1 Å². The van der Waals surface area contributed by atoms with Gasteiger partial charge in [-0.05, 0) is 6.42 Å². The summed E-state index contributed by atoms with van der Waals surface area (Å²) in [7, 11) is 0. The molecule has 118 valence electrons. The van der Waals surface area contributed by atoms with Gasteiger partial charge in [0, 0.05) is 12.6 Å². The van der Waals surface area contributed by atoms with E-state index in [9.17, 15) is 19.7 Å². The number of hydrogen-bond acceptors (Lipinski definition) is 7. The third kappa shape index (κ3) is 3.43. The van der Waals surface area contributed by atoms with E-state index < -0.39 is 29.1 Å². The van der Waals surface area contributed by atoms with Gasteiger partial charge in [0.25, 0.3) is 11.6 Å². The van der Waals surface area contributed by atoms with Gasteiger partial charge >= 0.3 is 5.97 Å². The lowest BCUT2D eigenvalue weighted by Gasteiger charge is -2.07. The number of nitrogens with one attached hydrogen (secondary N) is 1. The first kappa shape index (κ1) is 15.5. The van der Waals surface area contributed by atoms with Crippen molar-refractivity contribution < 1.29 is 28.7 Å². The molecule has 0 fully saturated rings. The molecule has 0 aromatic heterocycles. The summed E-state index contributed by atoms with van der Waals surface area (Å²) in [6.45, 7) is 1.75. The molecule has 1 heterocycles. The van der Waals surface area contributed by atoms with Crippen molar-refractivity contribution in [2.24, 2.45) is 0 Å². The van der Waals surface area contributed by atoms with Crippen molar-refractivity contribution in [2.45, 2.75) is 13.3 Å². The van der Waals surface area contributed by atoms with Crippen LogP contribution in [0.15, 0.2) is 12.1 Å². The van der Waals surface area contributed by atoms with Gasteiger partial charge < -0.3 is 19.5 Å². The second kappa shape index (κ2) is 6.74. The minimum absolute atomic E-state index is 0.0790. The Morgan fingerprint density at radius 2 is 2.05 bits per heavy atom. The van der Waals surface area contributed by atoms with Gasteiger partial charge in [-0.25, -0.2) is 4.79 Å². The number of carbonyl (C=O) groups is 2. The molecule has 0 spiro atoms. The highest BCUT2D eigenvalue weighted by molar-refractivity contribution is 5.96. The molecule has 0 atom stereocenters. The molecule has 1 aromatic rings. The first-order valence-electron chi connectivity index (χ1n) is 6.54. The van der Waals surface area contributed by atoms with Gasteiger partial charge in [-0.3, -0.25) is 14.9 Å². The number of benzene rings is 1. The maximum Gasteiger partial charge on any atom is 0.345 e. The number of nitrogens with zero attached hydrogens (tertiary/aromatic N) is 1. The molecule has 9 nitrogen and oxygen atoms in total. The Balaban J connectivity index is 2.12. The molecule has 0 saturated heterocycles. The largest absolute Gasteiger partial charge is 0.454 e. The van der Waals surface area contributed by atoms with E-state index in [0.717, 1.165) is 12.5 Å². The molecule has 1 aliphatic rings. The second-order valence-electron chi connectivity index (χ2n) is 4.41. The van der Waals surface area contributed by atoms with E-state index in [1.165, 1.54) is 6.07 Å². The number of hydrogen-bond donors (Lipinski definition) is 1. The Kier molecular flexibility index (Phi) is 4.77. The number of amides is 1. The van der Waals surface area contributed by atoms with Crippen LogP contribution >= 0.6 is 0 Å². The highest BCUT2D eigenvalue weighted by Gasteiger charge is 2.28. The maximum atomic E-state index is 11.9. The van der Waals surface area contributed by atoms with Crippen molar-refractivity contribution in [1.29, 1.82) is 0 Å². The van der Waals surface area contributed by atoms with Crippen LogP contribution in [0.2, 0.25) is 0 Å². The standard InChI is InChI=1S/C13H14N2O7/c1-2-3-14-12(16)6-20-13(17)8-4-10-11(22-7-21-10)5-9(8)15(18)19/h4-5H,2-3,6-7H2,1H3,(H,14,16). The predicted octanol–water partition coefficient (Wildman–Crippen LogP) is 1.01. The van der Waals surface area contributed by atoms with Crippen molar-refractivity contribution in [1.82, 2.24) is 5.32 Å². The van der Waals surface area contributed by atoms with Crippen molar-refractivity contribution in [3.63, 3.8) is 0 Å². The van der Waals surface area contributed by atoms with Crippen LogP contribution in [-0.4, -0.2) is 36.7 Å². The summed E-state index contributed by atoms with van der Waals surface area (Å²) in [5, 5.41) is 13.6. The molecule has 0 unspecified atom stereocenters. The van der Waals surface area contributed by atoms with E-state index in [-0.39, 0.29) is 23.9 Å². The van der Waals surface area contributed by atoms with E-state index in [2.05, 4.69) is 5.32 Å². The van der Waals surface area contributed by atoms with Crippen LogP contribution in [0.1, 0.15) is 23.7 Å². The number of nitro benzene ring substituents is 1. The Morgan fingerprint density at radius 1 is 1.36 bits per heavy atom. The summed E-state index contributed by atoms with van der Waals surface area (Å²) in [5.74, 6) is -1.05. The van der Waals surface area contributed by atoms with Crippen molar-refractivity contribution in [3.8, 4) is 11.5 Å². The molecule has 2 rings (SSSR count). The van der Waals surface area contributed by atoms with E-state index in [4.69, 9.17) is 14.2 Å². The molecule has 1 amide bonds. The number of carbonyl (C=O) groups excluding carboxylic acids is 2. The van der Waals surface area contributed by atoms with Crippen LogP contribution in [0.25, 0.3) is 0 Å². The van der Waals surface area contributed by atoms with Gasteiger partial charge in [-0.15, -0.1) is 0 Å². The summed E-state index contributed by atoms with van der Waals surface area (Å²) in [5.41, 5.74) is -0.763. The van der Waals surface area contributed by atoms with Crippen LogP contribution < -0.4 is 14.8 Å². The molecule has 1 aromatic carbocycles. The molecule has 1 N–H and O–H groups in total. The van der Waals surface area contributed by atoms with Crippen LogP contribution in [0.5, 0.6) is 11.5 Å². The van der Waals surface area contributed by atoms with Crippen molar-refractivity contribution in [2.75, 3.05) is 19.9 Å². The number of nitro groups is 1. The van der Waals surface area contributed by atoms with E-state index in [0.29, 0.717) is 6.54 Å². The average Bonchev–Trinajstić information content (AvgIpc) is 2.96. The molecular formula is C13H14N2O7. The molecule has 0 saturated carbocycles. The highest BCUT2D eigenvalue weighted by atomic mass is 16.7. The number of fused-ring (bicyclic) bond motifs is 1. The van der Waals surface area contributed by atoms with E-state index in [1.54, 1.807) is 0 Å². The molecular weight excluding hydrogens is 296 g/mol. The lowest BCUT2D eigenvalue weighted by molar-refractivity contribution is -0.385. The van der Waals surface area contributed by atoms with Gasteiger partial charge in [0.15, 0.2) is 18.1 Å². The van der Waals surface area contributed by atoms with Crippen LogP contribution in [0.3, 0.4) is 0 Å². The summed E-state index contributed by atoms with van der Waals surface area (Å²) in [6, 6.07) is 2.27. The zero-order valence-electron chi connectivity index (χ0n) is 11.8. The van der Waals surface area contributed by atoms with Gasteiger partial charge in [0.2, 0.25) is 6.79 Å². The second-order valence-corrected chi connectivity index (χ2v) is 4.41. The van der Waals surface area contributed by atoms with Crippen LogP contribution in [-0.2, 0) is 9.53 Å². The van der Waals surface area contributed by atoms with Crippen molar-refractivity contribution in [3.05, 3.63) is 27.8 Å². The smallest absolute Gasteiger partial charge is 0.345 e. The fraction of sp³-hybridized carbons (Fsp3) is 0.385. The quantitative estimate of drug-likeness (QED) is 0.473. The summed E-state index contributed by atoms with van der Waals surface area (Å²) in [4.78, 5) is 33.6. The Bertz CT molecular complexity index is 615. The lowest BCUT2D eigenvalue weighted by atomic mass is 10.1. The molecule has 1 aliphatic heterocycles. The third-order valence-corrected chi connectivity index (χ3v) is 2.81. The zero-order valence-corrected chi connectivity index (χ0v) is 11.8. The number of rotatable bonds is 6. The fourth-order valence-electron chi connectivity index (χ4n) is 1.77. The topological polar surface area (TPSA) is 117 Å². The van der Waals surface area contributed by atoms with Gasteiger partial charge in [0.1, 0.15) is 5.56 Å². The van der Waals surface area contributed by atoms with Gasteiger partial charge in [-0.2, -0.15) is 0 Å². The third-order valence-electron chi connectivity index (χ3n) is 2.81. The molecule has 0 radical (unpaired) electrons. The molecule has 22 heavy (non-hydrogen) atoms. The molecule has 0 aliphatic carbocycles. The summed E-state index contributed by atoms with van der Waals surface area (Å²) in [6.07, 6.45) is 0.743. The number of esters is 1. The van der Waals surface area contributed by atoms with Gasteiger partial charge in [-0.1, -0.05) is 6.92 Å². The Morgan fingerprint density at radius 3 is 2.68 bits per heavy atom. The molecule has 0 bridgehead atoms. The van der Waals surface area contributed by atoms with Crippen molar-refractivity contribution >= 4 is 17.6 Å². The zero-order chi connectivity index (χ0) is 16.1. The van der Waals surface area contributed by atoms with E-state index in [1.807, 2.05) is 6.92 Å². The monoisotopic (exact) mass is 310 g/mol.